The lowest BCUT2D eigenvalue weighted by Crippen LogP contribution is -2.55. The molecule has 132 valence electrons. The summed E-state index contributed by atoms with van der Waals surface area (Å²) < 4.78 is 0. The van der Waals surface area contributed by atoms with Crippen molar-refractivity contribution in [3.05, 3.63) is 24.5 Å². The number of carbonyl (C=O) groups is 1. The summed E-state index contributed by atoms with van der Waals surface area (Å²) in [5.74, 6) is 0.190. The van der Waals surface area contributed by atoms with Gasteiger partial charge in [0.15, 0.2) is 0 Å². The maximum atomic E-state index is 12.7. The highest BCUT2D eigenvalue weighted by Crippen LogP contribution is 2.18. The van der Waals surface area contributed by atoms with E-state index in [0.717, 1.165) is 31.9 Å². The molecule has 24 heavy (non-hydrogen) atoms. The van der Waals surface area contributed by atoms with Gasteiger partial charge in [0, 0.05) is 50.3 Å². The molecule has 1 N–H and O–H groups in total. The zero-order chi connectivity index (χ0) is 16.9. The Hall–Kier alpha value is -1.66. The van der Waals surface area contributed by atoms with Gasteiger partial charge in [-0.25, -0.2) is 0 Å². The lowest BCUT2D eigenvalue weighted by molar-refractivity contribution is -0.133. The molecule has 6 heteroatoms. The van der Waals surface area contributed by atoms with Crippen LogP contribution in [0.4, 0.5) is 5.69 Å². The van der Waals surface area contributed by atoms with E-state index in [1.54, 1.807) is 12.4 Å². The van der Waals surface area contributed by atoms with Gasteiger partial charge in [0.2, 0.25) is 5.91 Å². The highest BCUT2D eigenvalue weighted by Gasteiger charge is 2.29. The molecule has 0 aromatic carbocycles. The summed E-state index contributed by atoms with van der Waals surface area (Å²) in [4.78, 5) is 23.6. The number of piperidine rings is 1. The number of aromatic nitrogens is 1. The Kier molecular flexibility index (Phi) is 5.68. The quantitative estimate of drug-likeness (QED) is 0.896. The van der Waals surface area contributed by atoms with E-state index >= 15 is 0 Å². The molecule has 2 fully saturated rings. The first-order valence-electron chi connectivity index (χ1n) is 9.01. The van der Waals surface area contributed by atoms with Crippen LogP contribution in [0.2, 0.25) is 0 Å². The second-order valence-electron chi connectivity index (χ2n) is 7.00. The van der Waals surface area contributed by atoms with Gasteiger partial charge in [-0.15, -0.1) is 0 Å². The average Bonchev–Trinajstić information content (AvgIpc) is 2.63. The van der Waals surface area contributed by atoms with Gasteiger partial charge >= 0.3 is 0 Å². The van der Waals surface area contributed by atoms with Crippen molar-refractivity contribution < 1.29 is 4.79 Å². The van der Waals surface area contributed by atoms with Crippen molar-refractivity contribution in [2.45, 2.75) is 31.8 Å². The summed E-state index contributed by atoms with van der Waals surface area (Å²) in [7, 11) is 2.20. The van der Waals surface area contributed by atoms with E-state index in [1.165, 1.54) is 25.9 Å². The molecule has 0 saturated carbocycles. The average molecular weight is 331 g/mol. The van der Waals surface area contributed by atoms with Crippen LogP contribution in [0.25, 0.3) is 0 Å². The number of nitrogens with one attached hydrogen (secondary N) is 1. The predicted molar refractivity (Wildman–Crippen MR) is 96.0 cm³/mol. The van der Waals surface area contributed by atoms with Gasteiger partial charge in [0.1, 0.15) is 6.04 Å². The van der Waals surface area contributed by atoms with Crippen LogP contribution in [0.15, 0.2) is 24.5 Å². The molecule has 0 aliphatic carbocycles. The molecular weight excluding hydrogens is 302 g/mol. The number of amides is 1. The topological polar surface area (TPSA) is 51.7 Å². The lowest BCUT2D eigenvalue weighted by Gasteiger charge is -2.42. The number of rotatable bonds is 4. The van der Waals surface area contributed by atoms with Crippen molar-refractivity contribution >= 4 is 11.6 Å². The third-order valence-corrected chi connectivity index (χ3v) is 5.26. The minimum absolute atomic E-state index is 0.190. The summed E-state index contributed by atoms with van der Waals surface area (Å²) in [6, 6.07) is 4.27. The number of piperazine rings is 1. The summed E-state index contributed by atoms with van der Waals surface area (Å²) in [5.41, 5.74) is 0.941. The predicted octanol–water partition coefficient (Wildman–Crippen LogP) is 1.12. The summed E-state index contributed by atoms with van der Waals surface area (Å²) >= 11 is 0. The van der Waals surface area contributed by atoms with Gasteiger partial charge in [-0.3, -0.25) is 14.7 Å². The molecular formula is C18H29N5O. The van der Waals surface area contributed by atoms with Crippen LogP contribution in [0.1, 0.15) is 19.8 Å². The number of pyridine rings is 1. The van der Waals surface area contributed by atoms with Crippen LogP contribution in [0.5, 0.6) is 0 Å². The largest absolute Gasteiger partial charge is 0.374 e. The Bertz CT molecular complexity index is 521. The van der Waals surface area contributed by atoms with Crippen molar-refractivity contribution in [1.29, 1.82) is 0 Å². The number of anilines is 1. The van der Waals surface area contributed by atoms with E-state index in [9.17, 15) is 4.79 Å². The molecule has 3 rings (SSSR count). The number of carbonyl (C=O) groups excluding carboxylic acids is 1. The van der Waals surface area contributed by atoms with E-state index in [0.29, 0.717) is 6.04 Å². The Morgan fingerprint density at radius 2 is 1.75 bits per heavy atom. The van der Waals surface area contributed by atoms with Crippen molar-refractivity contribution in [3.8, 4) is 0 Å². The molecule has 3 heterocycles. The van der Waals surface area contributed by atoms with Crippen molar-refractivity contribution in [1.82, 2.24) is 19.7 Å². The van der Waals surface area contributed by atoms with Crippen LogP contribution in [-0.2, 0) is 4.79 Å². The fourth-order valence-corrected chi connectivity index (χ4v) is 3.70. The van der Waals surface area contributed by atoms with Gasteiger partial charge in [0.25, 0.3) is 0 Å². The Labute approximate surface area is 144 Å². The minimum atomic E-state index is -0.206. The maximum Gasteiger partial charge on any atom is 0.244 e. The van der Waals surface area contributed by atoms with E-state index in [4.69, 9.17) is 0 Å². The van der Waals surface area contributed by atoms with E-state index in [2.05, 4.69) is 27.1 Å². The molecule has 1 atom stereocenters. The van der Waals surface area contributed by atoms with Gasteiger partial charge in [-0.1, -0.05) is 0 Å². The fraction of sp³-hybridized carbons (Fsp3) is 0.667. The first-order chi connectivity index (χ1) is 11.6. The SMILES string of the molecule is C[C@@H](Nc1ccncc1)C(=O)N1CCN(C2CCN(C)CC2)CC1. The van der Waals surface area contributed by atoms with E-state index in [1.807, 2.05) is 24.0 Å². The molecule has 0 radical (unpaired) electrons. The highest BCUT2D eigenvalue weighted by atomic mass is 16.2. The van der Waals surface area contributed by atoms with Crippen LogP contribution in [-0.4, -0.2) is 84.0 Å². The molecule has 2 aliphatic heterocycles. The second-order valence-corrected chi connectivity index (χ2v) is 7.00. The third kappa shape index (κ3) is 4.24. The zero-order valence-electron chi connectivity index (χ0n) is 14.8. The van der Waals surface area contributed by atoms with Crippen molar-refractivity contribution in [2.24, 2.45) is 0 Å². The summed E-state index contributed by atoms with van der Waals surface area (Å²) in [6.45, 7) is 8.00. The molecule has 0 bridgehead atoms. The summed E-state index contributed by atoms with van der Waals surface area (Å²) in [5, 5.41) is 3.27. The standard InChI is InChI=1S/C18H29N5O/c1-15(20-16-3-7-19-8-4-16)18(24)23-13-11-22(12-14-23)17-5-9-21(2)10-6-17/h3-4,7-8,15,17H,5-6,9-14H2,1-2H3,(H,19,20)/t15-/m1/s1. The Balaban J connectivity index is 1.46. The number of hydrogen-bond acceptors (Lipinski definition) is 5. The first-order valence-corrected chi connectivity index (χ1v) is 9.01. The number of nitrogens with zero attached hydrogens (tertiary/aromatic N) is 4. The maximum absolute atomic E-state index is 12.7. The number of hydrogen-bond donors (Lipinski definition) is 1. The van der Waals surface area contributed by atoms with Gasteiger partial charge < -0.3 is 15.1 Å². The Morgan fingerprint density at radius 3 is 2.38 bits per heavy atom. The lowest BCUT2D eigenvalue weighted by atomic mass is 10.0. The van der Waals surface area contributed by atoms with Gasteiger partial charge in [-0.2, -0.15) is 0 Å². The zero-order valence-corrected chi connectivity index (χ0v) is 14.8. The second kappa shape index (κ2) is 7.94. The molecule has 1 aromatic heterocycles. The molecule has 1 amide bonds. The van der Waals surface area contributed by atoms with Crippen LogP contribution < -0.4 is 5.32 Å². The van der Waals surface area contributed by atoms with Gasteiger partial charge in [-0.05, 0) is 52.0 Å². The fourth-order valence-electron chi connectivity index (χ4n) is 3.70. The molecule has 0 spiro atoms. The van der Waals surface area contributed by atoms with E-state index < -0.39 is 0 Å². The summed E-state index contributed by atoms with van der Waals surface area (Å²) in [6.07, 6.45) is 5.98. The minimum Gasteiger partial charge on any atom is -0.374 e. The van der Waals surface area contributed by atoms with E-state index in [-0.39, 0.29) is 11.9 Å². The van der Waals surface area contributed by atoms with Crippen LogP contribution >= 0.6 is 0 Å². The van der Waals surface area contributed by atoms with Crippen molar-refractivity contribution in [3.63, 3.8) is 0 Å². The normalized spacial score (nSPS) is 22.3. The van der Waals surface area contributed by atoms with Crippen LogP contribution in [0, 0.1) is 0 Å². The molecule has 0 unspecified atom stereocenters. The molecule has 6 nitrogen and oxygen atoms in total. The monoisotopic (exact) mass is 331 g/mol. The molecule has 1 aromatic rings. The van der Waals surface area contributed by atoms with Crippen LogP contribution in [0.3, 0.4) is 0 Å². The first kappa shape index (κ1) is 17.2. The van der Waals surface area contributed by atoms with Crippen molar-refractivity contribution in [2.75, 3.05) is 51.6 Å². The molecule has 2 aliphatic rings. The third-order valence-electron chi connectivity index (χ3n) is 5.26. The smallest absolute Gasteiger partial charge is 0.244 e. The van der Waals surface area contributed by atoms with Gasteiger partial charge in [0.05, 0.1) is 0 Å². The Morgan fingerprint density at radius 1 is 1.12 bits per heavy atom. The highest BCUT2D eigenvalue weighted by molar-refractivity contribution is 5.84. The number of likely N-dealkylation sites (tertiary alicyclic amines) is 1. The molecule has 2 saturated heterocycles.